The lowest BCUT2D eigenvalue weighted by atomic mass is 10.2. The van der Waals surface area contributed by atoms with Crippen LogP contribution in [0.3, 0.4) is 0 Å². The zero-order valence-corrected chi connectivity index (χ0v) is 10.7. The average Bonchev–Trinajstić information content (AvgIpc) is 2.43. The van der Waals surface area contributed by atoms with Crippen LogP contribution >= 0.6 is 0 Å². The summed E-state index contributed by atoms with van der Waals surface area (Å²) in [5, 5.41) is 8.88. The van der Waals surface area contributed by atoms with Gasteiger partial charge in [-0.25, -0.2) is 8.78 Å². The van der Waals surface area contributed by atoms with Gasteiger partial charge in [-0.1, -0.05) is 0 Å². The number of nitrogens with zero attached hydrogens (tertiary/aromatic N) is 1. The number of rotatable bonds is 4. The first-order valence-corrected chi connectivity index (χ1v) is 5.77. The summed E-state index contributed by atoms with van der Waals surface area (Å²) in [6.07, 6.45) is 0. The number of hydrogen-bond acceptors (Lipinski definition) is 3. The molecule has 0 fully saturated rings. The molecule has 20 heavy (non-hydrogen) atoms. The fraction of sp³-hybridized carbons (Fsp3) is 0.133. The third-order valence-electron chi connectivity index (χ3n) is 2.57. The lowest BCUT2D eigenvalue weighted by Gasteiger charge is -2.09. The van der Waals surface area contributed by atoms with E-state index >= 15 is 0 Å². The van der Waals surface area contributed by atoms with E-state index in [1.807, 2.05) is 6.07 Å². The van der Waals surface area contributed by atoms with E-state index in [1.165, 1.54) is 25.3 Å². The van der Waals surface area contributed by atoms with E-state index in [0.717, 1.165) is 6.07 Å². The molecule has 2 aromatic carbocycles. The van der Waals surface area contributed by atoms with Crippen LogP contribution in [0.4, 0.5) is 8.78 Å². The average molecular weight is 275 g/mol. The van der Waals surface area contributed by atoms with E-state index in [9.17, 15) is 8.78 Å². The summed E-state index contributed by atoms with van der Waals surface area (Å²) >= 11 is 0. The van der Waals surface area contributed by atoms with Crippen molar-refractivity contribution in [1.29, 1.82) is 5.26 Å². The zero-order chi connectivity index (χ0) is 14.5. The smallest absolute Gasteiger partial charge is 0.126 e. The van der Waals surface area contributed by atoms with Crippen LogP contribution in [0.1, 0.15) is 11.1 Å². The molecule has 102 valence electrons. The molecule has 0 saturated heterocycles. The molecule has 0 spiro atoms. The Morgan fingerprint density at radius 2 is 1.65 bits per heavy atom. The summed E-state index contributed by atoms with van der Waals surface area (Å²) in [7, 11) is 1.47. The van der Waals surface area contributed by atoms with E-state index in [1.54, 1.807) is 12.1 Å². The maximum absolute atomic E-state index is 13.0. The molecule has 0 bridgehead atoms. The Balaban J connectivity index is 2.16. The van der Waals surface area contributed by atoms with Crippen molar-refractivity contribution < 1.29 is 18.3 Å². The maximum Gasteiger partial charge on any atom is 0.126 e. The molecule has 2 aromatic rings. The lowest BCUT2D eigenvalue weighted by molar-refractivity contribution is 0.302. The zero-order valence-electron chi connectivity index (χ0n) is 10.7. The third-order valence-corrected chi connectivity index (χ3v) is 2.57. The second-order valence-corrected chi connectivity index (χ2v) is 4.08. The first-order valence-electron chi connectivity index (χ1n) is 5.77. The summed E-state index contributed by atoms with van der Waals surface area (Å²) in [5.74, 6) is -0.450. The quantitative estimate of drug-likeness (QED) is 0.858. The molecule has 0 heterocycles. The molecule has 0 unspecified atom stereocenters. The molecule has 2 rings (SSSR count). The molecule has 0 radical (unpaired) electrons. The lowest BCUT2D eigenvalue weighted by Crippen LogP contribution is -1.98. The third kappa shape index (κ3) is 3.45. The minimum Gasteiger partial charge on any atom is -0.497 e. The number of nitriles is 1. The Hall–Kier alpha value is -2.61. The monoisotopic (exact) mass is 275 g/mol. The molecular weight excluding hydrogens is 264 g/mol. The summed E-state index contributed by atoms with van der Waals surface area (Å²) in [4.78, 5) is 0. The van der Waals surface area contributed by atoms with Gasteiger partial charge in [0.25, 0.3) is 0 Å². The van der Waals surface area contributed by atoms with E-state index < -0.39 is 11.6 Å². The van der Waals surface area contributed by atoms with Gasteiger partial charge in [0.05, 0.1) is 18.7 Å². The molecule has 5 heteroatoms. The fourth-order valence-electron chi connectivity index (χ4n) is 1.70. The highest BCUT2D eigenvalue weighted by atomic mass is 19.1. The van der Waals surface area contributed by atoms with Gasteiger partial charge in [-0.15, -0.1) is 0 Å². The van der Waals surface area contributed by atoms with Gasteiger partial charge in [-0.2, -0.15) is 5.26 Å². The van der Waals surface area contributed by atoms with Gasteiger partial charge < -0.3 is 9.47 Å². The normalized spacial score (nSPS) is 9.90. The Kier molecular flexibility index (Phi) is 4.16. The predicted octanol–water partition coefficient (Wildman–Crippen LogP) is 3.42. The highest BCUT2D eigenvalue weighted by Crippen LogP contribution is 2.23. The van der Waals surface area contributed by atoms with Crippen LogP contribution in [0.25, 0.3) is 0 Å². The van der Waals surface area contributed by atoms with Crippen LogP contribution in [-0.4, -0.2) is 7.11 Å². The summed E-state index contributed by atoms with van der Waals surface area (Å²) in [6, 6.07) is 9.83. The van der Waals surface area contributed by atoms with Gasteiger partial charge in [0.2, 0.25) is 0 Å². The summed E-state index contributed by atoms with van der Waals surface area (Å²) in [5.41, 5.74) is 0.744. The van der Waals surface area contributed by atoms with Crippen LogP contribution in [0.5, 0.6) is 11.5 Å². The van der Waals surface area contributed by atoms with Gasteiger partial charge in [0, 0.05) is 12.1 Å². The van der Waals surface area contributed by atoms with Crippen molar-refractivity contribution in [2.75, 3.05) is 7.11 Å². The van der Waals surface area contributed by atoms with Crippen molar-refractivity contribution in [1.82, 2.24) is 0 Å². The molecule has 0 aliphatic heterocycles. The van der Waals surface area contributed by atoms with Crippen molar-refractivity contribution in [3.8, 4) is 17.6 Å². The standard InChI is InChI=1S/C15H11F2NO2/c1-19-14-4-10(8-18)5-15(7-14)20-9-11-2-12(16)6-13(17)3-11/h2-7H,9H2,1H3. The van der Waals surface area contributed by atoms with Crippen molar-refractivity contribution in [3.05, 3.63) is 59.2 Å². The van der Waals surface area contributed by atoms with E-state index in [0.29, 0.717) is 22.6 Å². The van der Waals surface area contributed by atoms with Gasteiger partial charge in [-0.05, 0) is 29.8 Å². The van der Waals surface area contributed by atoms with Gasteiger partial charge >= 0.3 is 0 Å². The molecule has 0 aliphatic rings. The van der Waals surface area contributed by atoms with Gasteiger partial charge in [0.1, 0.15) is 29.7 Å². The summed E-state index contributed by atoms with van der Waals surface area (Å²) in [6.45, 7) is -0.00723. The number of hydrogen-bond donors (Lipinski definition) is 0. The topological polar surface area (TPSA) is 42.2 Å². The number of halogens is 2. The van der Waals surface area contributed by atoms with Crippen LogP contribution in [0, 0.1) is 23.0 Å². The minimum absolute atomic E-state index is 0.00723. The van der Waals surface area contributed by atoms with Crippen LogP contribution in [0.2, 0.25) is 0 Å². The van der Waals surface area contributed by atoms with E-state index in [-0.39, 0.29) is 6.61 Å². The predicted molar refractivity (Wildman–Crippen MR) is 68.4 cm³/mol. The second-order valence-electron chi connectivity index (χ2n) is 4.08. The highest BCUT2D eigenvalue weighted by Gasteiger charge is 2.05. The first kappa shape index (κ1) is 13.8. The van der Waals surface area contributed by atoms with E-state index in [2.05, 4.69) is 0 Å². The molecule has 0 amide bonds. The molecule has 0 saturated carbocycles. The van der Waals surface area contributed by atoms with Crippen molar-refractivity contribution in [2.24, 2.45) is 0 Å². The Bertz CT molecular complexity index is 645. The van der Waals surface area contributed by atoms with Crippen molar-refractivity contribution in [2.45, 2.75) is 6.61 Å². The second kappa shape index (κ2) is 6.02. The molecule has 0 aromatic heterocycles. The SMILES string of the molecule is COc1cc(C#N)cc(OCc2cc(F)cc(F)c2)c1. The van der Waals surface area contributed by atoms with Crippen LogP contribution < -0.4 is 9.47 Å². The largest absolute Gasteiger partial charge is 0.497 e. The first-order chi connectivity index (χ1) is 9.60. The molecule has 0 N–H and O–H groups in total. The van der Waals surface area contributed by atoms with Gasteiger partial charge in [-0.3, -0.25) is 0 Å². The Morgan fingerprint density at radius 3 is 2.25 bits per heavy atom. The molecule has 0 aliphatic carbocycles. The number of benzene rings is 2. The number of methoxy groups -OCH3 is 1. The highest BCUT2D eigenvalue weighted by molar-refractivity contribution is 5.43. The minimum atomic E-state index is -0.660. The van der Waals surface area contributed by atoms with Crippen LogP contribution in [0.15, 0.2) is 36.4 Å². The fourth-order valence-corrected chi connectivity index (χ4v) is 1.70. The van der Waals surface area contributed by atoms with Crippen molar-refractivity contribution >= 4 is 0 Å². The molecular formula is C15H11F2NO2. The Morgan fingerprint density at radius 1 is 1.00 bits per heavy atom. The Labute approximate surface area is 115 Å². The molecule has 0 atom stereocenters. The number of ether oxygens (including phenoxy) is 2. The summed E-state index contributed by atoms with van der Waals surface area (Å²) < 4.78 is 36.5. The van der Waals surface area contributed by atoms with Crippen LogP contribution in [-0.2, 0) is 6.61 Å². The van der Waals surface area contributed by atoms with Crippen molar-refractivity contribution in [3.63, 3.8) is 0 Å². The van der Waals surface area contributed by atoms with E-state index in [4.69, 9.17) is 14.7 Å². The van der Waals surface area contributed by atoms with Gasteiger partial charge in [0.15, 0.2) is 0 Å². The molecule has 3 nitrogen and oxygen atoms in total. The maximum atomic E-state index is 13.0.